The SMILES string of the molecule is CC[C@H](OC1CCCCC1)C(=O)N1CCSC[C@H]1S(C)(=O)=O. The number of sulfone groups is 1. The van der Waals surface area contributed by atoms with E-state index >= 15 is 0 Å². The Morgan fingerprint density at radius 2 is 2.00 bits per heavy atom. The lowest BCUT2D eigenvalue weighted by Crippen LogP contribution is -2.53. The van der Waals surface area contributed by atoms with Crippen LogP contribution in [-0.4, -0.2) is 61.1 Å². The summed E-state index contributed by atoms with van der Waals surface area (Å²) in [6, 6.07) is 0. The highest BCUT2D eigenvalue weighted by molar-refractivity contribution is 8.00. The molecule has 22 heavy (non-hydrogen) atoms. The molecule has 0 bridgehead atoms. The molecular formula is C15H27NO4S2. The molecule has 1 aliphatic carbocycles. The van der Waals surface area contributed by atoms with Gasteiger partial charge in [-0.1, -0.05) is 26.2 Å². The number of rotatable bonds is 5. The van der Waals surface area contributed by atoms with Gasteiger partial charge in [-0.25, -0.2) is 8.42 Å². The molecule has 2 fully saturated rings. The van der Waals surface area contributed by atoms with Crippen LogP contribution in [0, 0.1) is 0 Å². The predicted molar refractivity (Wildman–Crippen MR) is 89.7 cm³/mol. The third-order valence-corrected chi connectivity index (χ3v) is 7.06. The van der Waals surface area contributed by atoms with Crippen LogP contribution >= 0.6 is 11.8 Å². The Morgan fingerprint density at radius 3 is 2.59 bits per heavy atom. The van der Waals surface area contributed by atoms with Crippen molar-refractivity contribution in [2.24, 2.45) is 0 Å². The molecule has 0 unspecified atom stereocenters. The average Bonchev–Trinajstić information content (AvgIpc) is 2.52. The minimum Gasteiger partial charge on any atom is -0.365 e. The van der Waals surface area contributed by atoms with Crippen molar-refractivity contribution in [3.63, 3.8) is 0 Å². The Bertz CT molecular complexity index is 474. The summed E-state index contributed by atoms with van der Waals surface area (Å²) in [5.41, 5.74) is 0. The predicted octanol–water partition coefficient (Wildman–Crippen LogP) is 2.06. The molecule has 0 radical (unpaired) electrons. The Kier molecular flexibility index (Phi) is 6.58. The van der Waals surface area contributed by atoms with Crippen molar-refractivity contribution in [1.29, 1.82) is 0 Å². The van der Waals surface area contributed by atoms with Crippen LogP contribution in [0.5, 0.6) is 0 Å². The van der Waals surface area contributed by atoms with Crippen LogP contribution in [0.4, 0.5) is 0 Å². The quantitative estimate of drug-likeness (QED) is 0.760. The number of carbonyl (C=O) groups excluding carboxylic acids is 1. The first-order valence-electron chi connectivity index (χ1n) is 8.16. The summed E-state index contributed by atoms with van der Waals surface area (Å²) in [4.78, 5) is 14.3. The van der Waals surface area contributed by atoms with Crippen LogP contribution in [0.25, 0.3) is 0 Å². The Balaban J connectivity index is 2.05. The van der Waals surface area contributed by atoms with Crippen molar-refractivity contribution in [2.45, 2.75) is 63.0 Å². The van der Waals surface area contributed by atoms with Gasteiger partial charge in [-0.2, -0.15) is 11.8 Å². The summed E-state index contributed by atoms with van der Waals surface area (Å²) in [7, 11) is -3.27. The van der Waals surface area contributed by atoms with Gasteiger partial charge < -0.3 is 9.64 Å². The zero-order chi connectivity index (χ0) is 16.2. The summed E-state index contributed by atoms with van der Waals surface area (Å²) in [5, 5.41) is -0.706. The summed E-state index contributed by atoms with van der Waals surface area (Å²) in [6.45, 7) is 2.42. The van der Waals surface area contributed by atoms with Crippen molar-refractivity contribution < 1.29 is 17.9 Å². The minimum atomic E-state index is -3.27. The molecule has 2 rings (SSSR count). The monoisotopic (exact) mass is 349 g/mol. The second-order valence-corrected chi connectivity index (χ2v) is 9.54. The van der Waals surface area contributed by atoms with Gasteiger partial charge in [-0.15, -0.1) is 0 Å². The molecule has 1 amide bonds. The van der Waals surface area contributed by atoms with Gasteiger partial charge in [0, 0.05) is 24.3 Å². The van der Waals surface area contributed by atoms with Crippen LogP contribution in [-0.2, 0) is 19.4 Å². The van der Waals surface area contributed by atoms with Crippen molar-refractivity contribution >= 4 is 27.5 Å². The fraction of sp³-hybridized carbons (Fsp3) is 0.933. The maximum absolute atomic E-state index is 12.8. The standard InChI is InChI=1S/C15H27NO4S2/c1-3-13(20-12-7-5-4-6-8-12)15(17)16-9-10-21-11-14(16)22(2,18)19/h12-14H,3-11H2,1-2H3/t13-,14+/m0/s1. The van der Waals surface area contributed by atoms with Crippen LogP contribution in [0.2, 0.25) is 0 Å². The van der Waals surface area contributed by atoms with Gasteiger partial charge in [0.2, 0.25) is 0 Å². The molecule has 0 aromatic heterocycles. The number of ether oxygens (including phenoxy) is 1. The van der Waals surface area contributed by atoms with Gasteiger partial charge in [0.05, 0.1) is 6.10 Å². The maximum atomic E-state index is 12.8. The lowest BCUT2D eigenvalue weighted by atomic mass is 9.97. The van der Waals surface area contributed by atoms with Gasteiger partial charge in [0.15, 0.2) is 9.84 Å². The van der Waals surface area contributed by atoms with Gasteiger partial charge >= 0.3 is 0 Å². The molecule has 2 aliphatic rings. The summed E-state index contributed by atoms with van der Waals surface area (Å²) in [6.07, 6.45) is 7.02. The minimum absolute atomic E-state index is 0.149. The van der Waals surface area contributed by atoms with E-state index in [0.717, 1.165) is 31.4 Å². The van der Waals surface area contributed by atoms with Crippen molar-refractivity contribution in [3.05, 3.63) is 0 Å². The second-order valence-electron chi connectivity index (χ2n) is 6.18. The number of nitrogens with zero attached hydrogens (tertiary/aromatic N) is 1. The molecule has 1 aliphatic heterocycles. The van der Waals surface area contributed by atoms with Crippen LogP contribution in [0.1, 0.15) is 45.4 Å². The van der Waals surface area contributed by atoms with Crippen LogP contribution in [0.3, 0.4) is 0 Å². The van der Waals surface area contributed by atoms with E-state index in [2.05, 4.69) is 0 Å². The first kappa shape index (κ1) is 18.1. The topological polar surface area (TPSA) is 63.7 Å². The molecule has 7 heteroatoms. The number of thioether (sulfide) groups is 1. The molecule has 2 atom stereocenters. The van der Waals surface area contributed by atoms with E-state index in [1.807, 2.05) is 6.92 Å². The zero-order valence-electron chi connectivity index (χ0n) is 13.5. The van der Waals surface area contributed by atoms with E-state index < -0.39 is 21.3 Å². The lowest BCUT2D eigenvalue weighted by molar-refractivity contribution is -0.149. The van der Waals surface area contributed by atoms with Crippen molar-refractivity contribution in [2.75, 3.05) is 24.3 Å². The molecule has 0 spiro atoms. The van der Waals surface area contributed by atoms with Crippen LogP contribution in [0.15, 0.2) is 0 Å². The largest absolute Gasteiger partial charge is 0.365 e. The molecule has 0 aromatic rings. The zero-order valence-corrected chi connectivity index (χ0v) is 15.1. The normalized spacial score (nSPS) is 25.9. The number of hydrogen-bond donors (Lipinski definition) is 0. The number of hydrogen-bond acceptors (Lipinski definition) is 5. The molecule has 1 heterocycles. The average molecular weight is 350 g/mol. The Morgan fingerprint density at radius 1 is 1.32 bits per heavy atom. The number of carbonyl (C=O) groups is 1. The van der Waals surface area contributed by atoms with E-state index in [1.54, 1.807) is 11.8 Å². The van der Waals surface area contributed by atoms with E-state index in [9.17, 15) is 13.2 Å². The smallest absolute Gasteiger partial charge is 0.252 e. The summed E-state index contributed by atoms with van der Waals surface area (Å²) in [5.74, 6) is 1.10. The summed E-state index contributed by atoms with van der Waals surface area (Å²) >= 11 is 1.59. The lowest BCUT2D eigenvalue weighted by Gasteiger charge is -2.37. The Hall–Kier alpha value is -0.270. The highest BCUT2D eigenvalue weighted by Gasteiger charge is 2.37. The van der Waals surface area contributed by atoms with E-state index in [4.69, 9.17) is 4.74 Å². The van der Waals surface area contributed by atoms with Gasteiger partial charge in [-0.05, 0) is 19.3 Å². The molecule has 1 saturated carbocycles. The summed E-state index contributed by atoms with van der Waals surface area (Å²) < 4.78 is 29.9. The van der Waals surface area contributed by atoms with Crippen molar-refractivity contribution in [3.8, 4) is 0 Å². The third-order valence-electron chi connectivity index (χ3n) is 4.42. The molecule has 0 aromatic carbocycles. The first-order valence-corrected chi connectivity index (χ1v) is 11.3. The molecule has 0 N–H and O–H groups in total. The second kappa shape index (κ2) is 8.02. The molecule has 1 saturated heterocycles. The fourth-order valence-electron chi connectivity index (χ4n) is 3.14. The fourth-order valence-corrected chi connectivity index (χ4v) is 5.96. The number of amides is 1. The maximum Gasteiger partial charge on any atom is 0.252 e. The third kappa shape index (κ3) is 4.61. The van der Waals surface area contributed by atoms with E-state index in [-0.39, 0.29) is 12.0 Å². The first-order chi connectivity index (χ1) is 10.4. The van der Waals surface area contributed by atoms with Gasteiger partial charge in [-0.3, -0.25) is 4.79 Å². The Labute approximate surface area is 138 Å². The highest BCUT2D eigenvalue weighted by Crippen LogP contribution is 2.25. The molecule has 128 valence electrons. The van der Waals surface area contributed by atoms with Crippen molar-refractivity contribution in [1.82, 2.24) is 4.90 Å². The van der Waals surface area contributed by atoms with E-state index in [0.29, 0.717) is 18.7 Å². The van der Waals surface area contributed by atoms with Gasteiger partial charge in [0.1, 0.15) is 11.5 Å². The highest BCUT2D eigenvalue weighted by atomic mass is 32.2. The van der Waals surface area contributed by atoms with Crippen LogP contribution < -0.4 is 0 Å². The van der Waals surface area contributed by atoms with E-state index in [1.165, 1.54) is 17.6 Å². The molecular weight excluding hydrogens is 322 g/mol. The van der Waals surface area contributed by atoms with Gasteiger partial charge in [0.25, 0.3) is 5.91 Å². The molecule has 5 nitrogen and oxygen atoms in total.